The topological polar surface area (TPSA) is 73.1 Å². The minimum absolute atomic E-state index is 0. The van der Waals surface area contributed by atoms with Crippen LogP contribution < -0.4 is 37.9 Å². The van der Waals surface area contributed by atoms with Gasteiger partial charge in [-0.3, -0.25) is 10.6 Å². The quantitative estimate of drug-likeness (QED) is 0.137. The van der Waals surface area contributed by atoms with E-state index < -0.39 is 5.97 Å². The molecule has 0 spiro atoms. The molecule has 0 unspecified atom stereocenters. The average molecular weight is 435 g/mol. The largest absolute Gasteiger partial charge is 1.00 e. The first kappa shape index (κ1) is 35.3. The van der Waals surface area contributed by atoms with E-state index in [1.165, 1.54) is 44.2 Å². The first-order valence-corrected chi connectivity index (χ1v) is 10.3. The Morgan fingerprint density at radius 1 is 0.759 bits per heavy atom. The van der Waals surface area contributed by atoms with Crippen molar-refractivity contribution in [3.63, 3.8) is 0 Å². The molecule has 174 valence electrons. The Morgan fingerprint density at radius 2 is 1.00 bits per heavy atom. The number of hydrogen-bond donors (Lipinski definition) is 4. The van der Waals surface area contributed by atoms with Gasteiger partial charge in [0.2, 0.25) is 0 Å². The average Bonchev–Trinajstić information content (AvgIpc) is 2.63. The summed E-state index contributed by atoms with van der Waals surface area (Å²) in [4.78, 5) is 12.7. The molecule has 0 fully saturated rings. The highest BCUT2D eigenvalue weighted by Gasteiger charge is 1.99. The van der Waals surface area contributed by atoms with Crippen LogP contribution in [0.1, 0.15) is 48.5 Å². The second kappa shape index (κ2) is 24.9. The maximum atomic E-state index is 9.49. The van der Waals surface area contributed by atoms with E-state index in [1.54, 1.807) is 9.80 Å². The van der Waals surface area contributed by atoms with E-state index in [0.717, 1.165) is 26.4 Å². The molecule has 29 heavy (non-hydrogen) atoms. The van der Waals surface area contributed by atoms with Crippen LogP contribution in [0.5, 0.6) is 0 Å². The fourth-order valence-corrected chi connectivity index (χ4v) is 1.91. The lowest BCUT2D eigenvalue weighted by atomic mass is 10.3. The summed E-state index contributed by atoms with van der Waals surface area (Å²) in [5.41, 5.74) is 2.48. The summed E-state index contributed by atoms with van der Waals surface area (Å²) < 4.78 is 0. The van der Waals surface area contributed by atoms with E-state index in [4.69, 9.17) is 0 Å². The number of halogens is 1. The van der Waals surface area contributed by atoms with Gasteiger partial charge in [0.15, 0.2) is 0 Å². The number of aliphatic carboxylic acids is 1. The molecule has 0 radical (unpaired) electrons. The van der Waals surface area contributed by atoms with Gasteiger partial charge in [-0.25, -0.2) is 0 Å². The van der Waals surface area contributed by atoms with E-state index >= 15 is 0 Å². The maximum Gasteiger partial charge on any atom is 0.131 e. The molecule has 0 aliphatic heterocycles. The van der Waals surface area contributed by atoms with Crippen molar-refractivity contribution < 1.29 is 32.1 Å². The van der Waals surface area contributed by atoms with Crippen LogP contribution in [-0.4, -0.2) is 58.6 Å². The summed E-state index contributed by atoms with van der Waals surface area (Å²) >= 11 is 0. The maximum absolute atomic E-state index is 9.49. The van der Waals surface area contributed by atoms with Crippen molar-refractivity contribution in [3.05, 3.63) is 36.5 Å². The number of quaternary nitrogens is 2. The van der Waals surface area contributed by atoms with Crippen molar-refractivity contribution in [2.45, 2.75) is 48.5 Å². The van der Waals surface area contributed by atoms with Crippen LogP contribution in [0.4, 0.5) is 0 Å². The number of rotatable bonds is 13. The van der Waals surface area contributed by atoms with Gasteiger partial charge in [0.05, 0.1) is 32.1 Å². The van der Waals surface area contributed by atoms with Gasteiger partial charge >= 0.3 is 0 Å². The van der Waals surface area contributed by atoms with Crippen molar-refractivity contribution in [1.29, 1.82) is 0 Å². The van der Waals surface area contributed by atoms with Gasteiger partial charge in [-0.1, -0.05) is 30.9 Å². The SMILES string of the molecule is C=C(C)C(=O)[O-].C=C(C)CNC[NH+](CC)CC.C=C(C)CNC[NH+](CC)CC.[Cl-]. The molecule has 0 saturated heterocycles. The fraction of sp³-hybridized carbons (Fsp3) is 0.682. The normalized spacial score (nSPS) is 9.55. The zero-order chi connectivity index (χ0) is 22.5. The Bertz CT molecular complexity index is 395. The van der Waals surface area contributed by atoms with Gasteiger partial charge in [-0.15, -0.1) is 0 Å². The smallest absolute Gasteiger partial charge is 0.131 e. The summed E-state index contributed by atoms with van der Waals surface area (Å²) in [5, 5.41) is 16.2. The third-order valence-electron chi connectivity index (χ3n) is 3.95. The first-order chi connectivity index (χ1) is 13.0. The Morgan fingerprint density at radius 3 is 1.14 bits per heavy atom. The van der Waals surface area contributed by atoms with Gasteiger partial charge < -0.3 is 32.1 Å². The molecule has 0 aliphatic carbocycles. The van der Waals surface area contributed by atoms with Crippen LogP contribution in [0.3, 0.4) is 0 Å². The van der Waals surface area contributed by atoms with Crippen molar-refractivity contribution in [3.8, 4) is 0 Å². The standard InChI is InChI=1S/2C9H20N2.C4H6O2.ClH/c2*1-5-11(6-2)8-10-7-9(3)4;1-3(2)4(5)6;/h2*10H,3,5-8H2,1-2,4H3;1H2,2H3,(H,5,6);1H. The molecule has 0 heterocycles. The second-order valence-electron chi connectivity index (χ2n) is 7.10. The fourth-order valence-electron chi connectivity index (χ4n) is 1.91. The van der Waals surface area contributed by atoms with Crippen LogP contribution in [0.15, 0.2) is 36.5 Å². The summed E-state index contributed by atoms with van der Waals surface area (Å²) in [6, 6.07) is 0. The highest BCUT2D eigenvalue weighted by molar-refractivity contribution is 5.82. The van der Waals surface area contributed by atoms with Crippen LogP contribution >= 0.6 is 0 Å². The molecule has 0 aromatic rings. The highest BCUT2D eigenvalue weighted by atomic mass is 35.5. The molecule has 0 rings (SSSR count). The predicted molar refractivity (Wildman–Crippen MR) is 119 cm³/mol. The minimum Gasteiger partial charge on any atom is -1.00 e. The molecule has 7 heteroatoms. The summed E-state index contributed by atoms with van der Waals surface area (Å²) in [5.74, 6) is -1.19. The lowest BCUT2D eigenvalue weighted by Crippen LogP contribution is -3.13. The van der Waals surface area contributed by atoms with E-state index in [2.05, 4.69) is 58.1 Å². The van der Waals surface area contributed by atoms with E-state index in [0.29, 0.717) is 0 Å². The first-order valence-electron chi connectivity index (χ1n) is 10.3. The Labute approximate surface area is 186 Å². The van der Waals surface area contributed by atoms with E-state index in [9.17, 15) is 9.90 Å². The Kier molecular flexibility index (Phi) is 30.2. The summed E-state index contributed by atoms with van der Waals surface area (Å²) in [7, 11) is 0. The second-order valence-corrected chi connectivity index (χ2v) is 7.10. The zero-order valence-corrected chi connectivity index (χ0v) is 20.7. The number of nitrogens with one attached hydrogen (secondary N) is 4. The third kappa shape index (κ3) is 31.7. The van der Waals surface area contributed by atoms with Gasteiger partial charge in [0, 0.05) is 13.1 Å². The van der Waals surface area contributed by atoms with Crippen molar-refractivity contribution in [1.82, 2.24) is 10.6 Å². The number of carbonyl (C=O) groups excluding carboxylic acids is 1. The Hall–Kier alpha value is -1.18. The Balaban J connectivity index is -0.000000166. The molecule has 0 bridgehead atoms. The monoisotopic (exact) mass is 434 g/mol. The lowest BCUT2D eigenvalue weighted by molar-refractivity contribution is -0.899. The van der Waals surface area contributed by atoms with Gasteiger partial charge in [-0.2, -0.15) is 0 Å². The van der Waals surface area contributed by atoms with Crippen LogP contribution in [0.2, 0.25) is 0 Å². The summed E-state index contributed by atoms with van der Waals surface area (Å²) in [6.45, 7) is 33.9. The van der Waals surface area contributed by atoms with Crippen molar-refractivity contribution in [2.75, 3.05) is 52.6 Å². The molecular weight excluding hydrogens is 388 g/mol. The molecular formula is C22H47ClN4O2. The summed E-state index contributed by atoms with van der Waals surface area (Å²) in [6.07, 6.45) is 0. The molecule has 4 N–H and O–H groups in total. The van der Waals surface area contributed by atoms with Crippen molar-refractivity contribution >= 4 is 5.97 Å². The van der Waals surface area contributed by atoms with Gasteiger partial charge in [0.25, 0.3) is 0 Å². The molecule has 0 aromatic carbocycles. The van der Waals surface area contributed by atoms with Gasteiger partial charge in [0.1, 0.15) is 13.3 Å². The lowest BCUT2D eigenvalue weighted by Gasteiger charge is -2.15. The number of carbonyl (C=O) groups is 1. The van der Waals surface area contributed by atoms with Gasteiger partial charge in [-0.05, 0) is 54.0 Å². The third-order valence-corrected chi connectivity index (χ3v) is 3.95. The molecule has 6 nitrogen and oxygen atoms in total. The minimum atomic E-state index is -1.19. The van der Waals surface area contributed by atoms with Crippen molar-refractivity contribution in [2.24, 2.45) is 0 Å². The predicted octanol–water partition coefficient (Wildman–Crippen LogP) is -3.62. The van der Waals surface area contributed by atoms with E-state index in [-0.39, 0.29) is 18.0 Å². The highest BCUT2D eigenvalue weighted by Crippen LogP contribution is 1.79. The van der Waals surface area contributed by atoms with E-state index in [1.807, 2.05) is 13.8 Å². The number of carboxylic acid groups (broad SMARTS) is 1. The number of carboxylic acids is 1. The van der Waals surface area contributed by atoms with Crippen LogP contribution in [-0.2, 0) is 4.79 Å². The molecule has 0 saturated carbocycles. The zero-order valence-electron chi connectivity index (χ0n) is 20.0. The molecule has 0 aliphatic rings. The molecule has 0 atom stereocenters. The van der Waals surface area contributed by atoms with Crippen LogP contribution in [0, 0.1) is 0 Å². The molecule has 0 aromatic heterocycles. The molecule has 0 amide bonds. The van der Waals surface area contributed by atoms with Crippen LogP contribution in [0.25, 0.3) is 0 Å². The number of hydrogen-bond acceptors (Lipinski definition) is 4.